The summed E-state index contributed by atoms with van der Waals surface area (Å²) in [6.45, 7) is 4.59. The Morgan fingerprint density at radius 3 is 2.79 bits per heavy atom. The zero-order valence-electron chi connectivity index (χ0n) is 10.9. The third kappa shape index (κ3) is 3.64. The second kappa shape index (κ2) is 5.65. The van der Waals surface area contributed by atoms with Crippen LogP contribution in [-0.2, 0) is 0 Å². The summed E-state index contributed by atoms with van der Waals surface area (Å²) in [7, 11) is 0. The second-order valence-electron chi connectivity index (χ2n) is 4.69. The maximum absolute atomic E-state index is 13.6. The van der Waals surface area contributed by atoms with E-state index in [0.29, 0.717) is 35.5 Å². The van der Waals surface area contributed by atoms with Crippen LogP contribution in [0.3, 0.4) is 0 Å². The number of rotatable bonds is 4. The van der Waals surface area contributed by atoms with Crippen molar-refractivity contribution in [3.63, 3.8) is 0 Å². The third-order valence-corrected chi connectivity index (χ3v) is 2.39. The highest BCUT2D eigenvalue weighted by molar-refractivity contribution is 5.58. The molecule has 0 aliphatic carbocycles. The van der Waals surface area contributed by atoms with Crippen molar-refractivity contribution in [1.82, 2.24) is 9.97 Å². The molecule has 0 amide bonds. The lowest BCUT2D eigenvalue weighted by Crippen LogP contribution is -2.05. The van der Waals surface area contributed by atoms with Gasteiger partial charge in [-0.3, -0.25) is 0 Å². The molecule has 0 bridgehead atoms. The minimum Gasteiger partial charge on any atom is -0.493 e. The molecule has 1 heterocycles. The van der Waals surface area contributed by atoms with Gasteiger partial charge in [0.1, 0.15) is 17.4 Å². The van der Waals surface area contributed by atoms with E-state index in [1.165, 1.54) is 18.3 Å². The molecule has 5 heteroatoms. The Hall–Kier alpha value is -2.17. The Morgan fingerprint density at radius 1 is 1.32 bits per heavy atom. The van der Waals surface area contributed by atoms with Crippen LogP contribution >= 0.6 is 0 Å². The molecule has 2 N–H and O–H groups in total. The number of anilines is 1. The van der Waals surface area contributed by atoms with E-state index in [2.05, 4.69) is 9.97 Å². The molecule has 0 aliphatic heterocycles. The first kappa shape index (κ1) is 13.3. The quantitative estimate of drug-likeness (QED) is 0.919. The number of nitrogens with zero attached hydrogens (tertiary/aromatic N) is 2. The molecular weight excluding hydrogens is 245 g/mol. The first-order valence-electron chi connectivity index (χ1n) is 6.07. The molecule has 0 fully saturated rings. The van der Waals surface area contributed by atoms with Gasteiger partial charge >= 0.3 is 0 Å². The fraction of sp³-hybridized carbons (Fsp3) is 0.286. The molecular formula is C14H16FN3O. The van der Waals surface area contributed by atoms with Crippen molar-refractivity contribution in [2.75, 3.05) is 12.3 Å². The summed E-state index contributed by atoms with van der Waals surface area (Å²) in [4.78, 5) is 8.14. The summed E-state index contributed by atoms with van der Waals surface area (Å²) in [5, 5.41) is 0. The second-order valence-corrected chi connectivity index (χ2v) is 4.69. The molecule has 4 nitrogen and oxygen atoms in total. The molecule has 0 atom stereocenters. The van der Waals surface area contributed by atoms with Crippen LogP contribution in [0.15, 0.2) is 30.5 Å². The van der Waals surface area contributed by atoms with E-state index in [4.69, 9.17) is 10.5 Å². The lowest BCUT2D eigenvalue weighted by Gasteiger charge is -2.10. The van der Waals surface area contributed by atoms with Gasteiger partial charge in [-0.25, -0.2) is 14.4 Å². The van der Waals surface area contributed by atoms with Crippen LogP contribution in [0, 0.1) is 11.7 Å². The lowest BCUT2D eigenvalue weighted by atomic mass is 10.2. The van der Waals surface area contributed by atoms with Crippen molar-refractivity contribution >= 4 is 5.82 Å². The fourth-order valence-corrected chi connectivity index (χ4v) is 1.55. The average Bonchev–Trinajstić information content (AvgIpc) is 2.36. The van der Waals surface area contributed by atoms with Crippen LogP contribution in [-0.4, -0.2) is 16.6 Å². The van der Waals surface area contributed by atoms with Gasteiger partial charge < -0.3 is 10.5 Å². The fourth-order valence-electron chi connectivity index (χ4n) is 1.55. The van der Waals surface area contributed by atoms with Gasteiger partial charge in [-0.15, -0.1) is 0 Å². The molecule has 100 valence electrons. The Morgan fingerprint density at radius 2 is 2.11 bits per heavy atom. The first-order chi connectivity index (χ1) is 9.04. The summed E-state index contributed by atoms with van der Waals surface area (Å²) in [6.07, 6.45) is 1.54. The van der Waals surface area contributed by atoms with E-state index in [1.54, 1.807) is 12.1 Å². The van der Waals surface area contributed by atoms with Gasteiger partial charge in [0, 0.05) is 17.8 Å². The van der Waals surface area contributed by atoms with Gasteiger partial charge in [-0.05, 0) is 24.1 Å². The molecule has 0 radical (unpaired) electrons. The summed E-state index contributed by atoms with van der Waals surface area (Å²) in [5.41, 5.74) is 6.14. The molecule has 0 unspecified atom stereocenters. The number of aromatic nitrogens is 2. The van der Waals surface area contributed by atoms with Gasteiger partial charge in [0.15, 0.2) is 5.82 Å². The Kier molecular flexibility index (Phi) is 3.94. The topological polar surface area (TPSA) is 61.0 Å². The van der Waals surface area contributed by atoms with Crippen molar-refractivity contribution < 1.29 is 9.13 Å². The van der Waals surface area contributed by atoms with Gasteiger partial charge in [0.2, 0.25) is 0 Å². The number of nitrogens with two attached hydrogens (primary N) is 1. The monoisotopic (exact) mass is 261 g/mol. The van der Waals surface area contributed by atoms with Crippen molar-refractivity contribution in [3.8, 4) is 17.1 Å². The molecule has 0 spiro atoms. The van der Waals surface area contributed by atoms with Crippen LogP contribution < -0.4 is 10.5 Å². The zero-order valence-corrected chi connectivity index (χ0v) is 10.9. The predicted octanol–water partition coefficient (Wildman–Crippen LogP) is 2.90. The smallest absolute Gasteiger partial charge is 0.161 e. The molecule has 1 aromatic carbocycles. The van der Waals surface area contributed by atoms with Gasteiger partial charge in [-0.1, -0.05) is 13.8 Å². The van der Waals surface area contributed by atoms with Crippen LogP contribution in [0.4, 0.5) is 10.2 Å². The Bertz CT molecular complexity index is 572. The molecule has 19 heavy (non-hydrogen) atoms. The van der Waals surface area contributed by atoms with Crippen molar-refractivity contribution in [3.05, 3.63) is 36.3 Å². The van der Waals surface area contributed by atoms with Crippen molar-refractivity contribution in [1.29, 1.82) is 0 Å². The Labute approximate surface area is 111 Å². The number of halogens is 1. The number of hydrogen-bond acceptors (Lipinski definition) is 4. The Balaban J connectivity index is 2.31. The molecule has 0 aliphatic rings. The standard InChI is InChI=1S/C14H16FN3O/c1-9(2)8-19-12-6-10(5-11(15)7-12)14-17-4-3-13(16)18-14/h3-7,9H,8H2,1-2H3,(H2,16,17,18). The number of ether oxygens (including phenoxy) is 1. The van der Waals surface area contributed by atoms with E-state index in [9.17, 15) is 4.39 Å². The molecule has 0 saturated carbocycles. The SMILES string of the molecule is CC(C)COc1cc(F)cc(-c2nccc(N)n2)c1. The zero-order chi connectivity index (χ0) is 13.8. The van der Waals surface area contributed by atoms with Gasteiger partial charge in [-0.2, -0.15) is 0 Å². The maximum Gasteiger partial charge on any atom is 0.161 e. The van der Waals surface area contributed by atoms with Crippen molar-refractivity contribution in [2.24, 2.45) is 5.92 Å². The van der Waals surface area contributed by atoms with Gasteiger partial charge in [0.05, 0.1) is 6.61 Å². The summed E-state index contributed by atoms with van der Waals surface area (Å²) in [6, 6.07) is 5.99. The van der Waals surface area contributed by atoms with Gasteiger partial charge in [0.25, 0.3) is 0 Å². The van der Waals surface area contributed by atoms with E-state index < -0.39 is 0 Å². The summed E-state index contributed by atoms with van der Waals surface area (Å²) in [5.74, 6) is 1.18. The van der Waals surface area contributed by atoms with Crippen LogP contribution in [0.5, 0.6) is 5.75 Å². The number of hydrogen-bond donors (Lipinski definition) is 1. The molecule has 0 saturated heterocycles. The molecule has 2 aromatic rings. The molecule has 1 aromatic heterocycles. The summed E-state index contributed by atoms with van der Waals surface area (Å²) < 4.78 is 19.1. The van der Waals surface area contributed by atoms with Crippen molar-refractivity contribution in [2.45, 2.75) is 13.8 Å². The van der Waals surface area contributed by atoms with Crippen LogP contribution in [0.2, 0.25) is 0 Å². The van der Waals surface area contributed by atoms with Crippen LogP contribution in [0.25, 0.3) is 11.4 Å². The maximum atomic E-state index is 13.6. The minimum absolute atomic E-state index is 0.346. The normalized spacial score (nSPS) is 10.7. The van der Waals surface area contributed by atoms with E-state index >= 15 is 0 Å². The first-order valence-corrected chi connectivity index (χ1v) is 6.07. The summed E-state index contributed by atoms with van der Waals surface area (Å²) >= 11 is 0. The predicted molar refractivity (Wildman–Crippen MR) is 72.2 cm³/mol. The lowest BCUT2D eigenvalue weighted by molar-refractivity contribution is 0.270. The van der Waals surface area contributed by atoms with E-state index in [0.717, 1.165) is 0 Å². The number of benzene rings is 1. The highest BCUT2D eigenvalue weighted by Crippen LogP contribution is 2.23. The molecule has 2 rings (SSSR count). The largest absolute Gasteiger partial charge is 0.493 e. The average molecular weight is 261 g/mol. The van der Waals surface area contributed by atoms with Crippen LogP contribution in [0.1, 0.15) is 13.8 Å². The number of nitrogen functional groups attached to an aromatic ring is 1. The minimum atomic E-state index is -0.387. The van der Waals surface area contributed by atoms with E-state index in [-0.39, 0.29) is 5.82 Å². The highest BCUT2D eigenvalue weighted by Gasteiger charge is 2.07. The van der Waals surface area contributed by atoms with E-state index in [1.807, 2.05) is 13.8 Å². The third-order valence-electron chi connectivity index (χ3n) is 2.39. The highest BCUT2D eigenvalue weighted by atomic mass is 19.1.